The maximum atomic E-state index is 12.8. The third kappa shape index (κ3) is 5.82. The molecule has 8 nitrogen and oxygen atoms in total. The molecular formula is C21H30N2O6. The minimum Gasteiger partial charge on any atom is -0.472 e. The van der Waals surface area contributed by atoms with E-state index in [4.69, 9.17) is 13.9 Å². The van der Waals surface area contributed by atoms with Gasteiger partial charge in [-0.3, -0.25) is 14.4 Å². The lowest BCUT2D eigenvalue weighted by Crippen LogP contribution is -2.43. The molecule has 1 unspecified atom stereocenters. The molecule has 0 aliphatic carbocycles. The number of esters is 1. The third-order valence-electron chi connectivity index (χ3n) is 5.57. The number of carbonyl (C=O) groups excluding carboxylic acids is 3. The zero-order valence-corrected chi connectivity index (χ0v) is 17.0. The third-order valence-corrected chi connectivity index (χ3v) is 5.57. The predicted molar refractivity (Wildman–Crippen MR) is 104 cm³/mol. The highest BCUT2D eigenvalue weighted by molar-refractivity contribution is 5.94. The summed E-state index contributed by atoms with van der Waals surface area (Å²) < 4.78 is 15.8. The van der Waals surface area contributed by atoms with Crippen molar-refractivity contribution in [1.82, 2.24) is 9.80 Å². The lowest BCUT2D eigenvalue weighted by Gasteiger charge is -2.32. The van der Waals surface area contributed by atoms with Gasteiger partial charge in [-0.05, 0) is 38.7 Å². The van der Waals surface area contributed by atoms with Crippen LogP contribution < -0.4 is 0 Å². The van der Waals surface area contributed by atoms with Gasteiger partial charge < -0.3 is 23.7 Å². The zero-order valence-electron chi connectivity index (χ0n) is 17.0. The van der Waals surface area contributed by atoms with Crippen molar-refractivity contribution < 1.29 is 28.3 Å². The fraction of sp³-hybridized carbons (Fsp3) is 0.667. The van der Waals surface area contributed by atoms with E-state index in [9.17, 15) is 14.4 Å². The zero-order chi connectivity index (χ0) is 20.6. The number of furan rings is 1. The Hall–Kier alpha value is -2.35. The maximum absolute atomic E-state index is 12.8. The number of ether oxygens (including phenoxy) is 2. The van der Waals surface area contributed by atoms with E-state index in [0.717, 1.165) is 12.8 Å². The van der Waals surface area contributed by atoms with Crippen molar-refractivity contribution in [3.05, 3.63) is 24.2 Å². The predicted octanol–water partition coefficient (Wildman–Crippen LogP) is 2.09. The van der Waals surface area contributed by atoms with Gasteiger partial charge in [0.1, 0.15) is 6.26 Å². The first kappa shape index (κ1) is 21.4. The lowest BCUT2D eigenvalue weighted by atomic mass is 9.97. The molecule has 2 saturated heterocycles. The Morgan fingerprint density at radius 1 is 1.24 bits per heavy atom. The quantitative estimate of drug-likeness (QED) is 0.614. The minimum atomic E-state index is -0.173. The summed E-state index contributed by atoms with van der Waals surface area (Å²) in [7, 11) is 0. The van der Waals surface area contributed by atoms with Crippen LogP contribution in [0.2, 0.25) is 0 Å². The Bertz CT molecular complexity index is 675. The number of carbonyl (C=O) groups is 3. The smallest absolute Gasteiger partial charge is 0.309 e. The first-order valence-corrected chi connectivity index (χ1v) is 10.5. The van der Waals surface area contributed by atoms with Crippen molar-refractivity contribution in [2.75, 3.05) is 39.4 Å². The molecule has 1 aromatic heterocycles. The summed E-state index contributed by atoms with van der Waals surface area (Å²) in [6.07, 6.45) is 6.32. The van der Waals surface area contributed by atoms with Gasteiger partial charge in [0.25, 0.3) is 5.91 Å². The maximum Gasteiger partial charge on any atom is 0.309 e. The normalized spacial score (nSPS) is 19.9. The van der Waals surface area contributed by atoms with E-state index in [1.807, 2.05) is 0 Å². The molecule has 0 bridgehead atoms. The van der Waals surface area contributed by atoms with Gasteiger partial charge in [-0.2, -0.15) is 0 Å². The van der Waals surface area contributed by atoms with Gasteiger partial charge in [-0.25, -0.2) is 0 Å². The molecule has 2 amide bonds. The SMILES string of the molecule is CCOC(=O)C1CCN(C(=O)CCN(CC2CCCO2)C(=O)c2ccoc2)CC1. The Morgan fingerprint density at radius 3 is 2.66 bits per heavy atom. The second-order valence-corrected chi connectivity index (χ2v) is 7.56. The second-order valence-electron chi connectivity index (χ2n) is 7.56. The molecule has 3 rings (SSSR count). The summed E-state index contributed by atoms with van der Waals surface area (Å²) in [5.74, 6) is -0.446. The first-order valence-electron chi connectivity index (χ1n) is 10.5. The highest BCUT2D eigenvalue weighted by Crippen LogP contribution is 2.20. The summed E-state index contributed by atoms with van der Waals surface area (Å²) in [6, 6.07) is 1.63. The molecule has 1 aromatic rings. The molecule has 2 aliphatic rings. The molecule has 0 spiro atoms. The van der Waals surface area contributed by atoms with E-state index in [1.165, 1.54) is 12.5 Å². The van der Waals surface area contributed by atoms with Gasteiger partial charge >= 0.3 is 5.97 Å². The largest absolute Gasteiger partial charge is 0.472 e. The Morgan fingerprint density at radius 2 is 2.03 bits per heavy atom. The highest BCUT2D eigenvalue weighted by atomic mass is 16.5. The van der Waals surface area contributed by atoms with E-state index in [-0.39, 0.29) is 36.2 Å². The summed E-state index contributed by atoms with van der Waals surface area (Å²) in [6.45, 7) is 4.79. The fourth-order valence-corrected chi connectivity index (χ4v) is 3.89. The molecule has 8 heteroatoms. The Kier molecular flexibility index (Phi) is 7.69. The van der Waals surface area contributed by atoms with E-state index < -0.39 is 0 Å². The number of piperidine rings is 1. The molecule has 2 fully saturated rings. The second kappa shape index (κ2) is 10.4. The summed E-state index contributed by atoms with van der Waals surface area (Å²) in [5.41, 5.74) is 0.477. The van der Waals surface area contributed by atoms with Gasteiger partial charge in [0.2, 0.25) is 5.91 Å². The molecule has 29 heavy (non-hydrogen) atoms. The van der Waals surface area contributed by atoms with Crippen LogP contribution in [0, 0.1) is 5.92 Å². The van der Waals surface area contributed by atoms with Crippen LogP contribution in [0.15, 0.2) is 23.0 Å². The van der Waals surface area contributed by atoms with E-state index in [2.05, 4.69) is 0 Å². The van der Waals surface area contributed by atoms with Gasteiger partial charge in [0.05, 0.1) is 30.5 Å². The molecule has 0 aromatic carbocycles. The average Bonchev–Trinajstić information content (AvgIpc) is 3.45. The summed E-state index contributed by atoms with van der Waals surface area (Å²) >= 11 is 0. The van der Waals surface area contributed by atoms with E-state index >= 15 is 0 Å². The van der Waals surface area contributed by atoms with Crippen molar-refractivity contribution >= 4 is 17.8 Å². The van der Waals surface area contributed by atoms with Crippen LogP contribution in [-0.2, 0) is 19.1 Å². The van der Waals surface area contributed by atoms with Crippen LogP contribution in [0.5, 0.6) is 0 Å². The van der Waals surface area contributed by atoms with Crippen molar-refractivity contribution in [3.63, 3.8) is 0 Å². The monoisotopic (exact) mass is 406 g/mol. The number of hydrogen-bond acceptors (Lipinski definition) is 6. The van der Waals surface area contributed by atoms with Gasteiger partial charge in [0.15, 0.2) is 0 Å². The number of rotatable bonds is 8. The molecular weight excluding hydrogens is 376 g/mol. The molecule has 2 aliphatic heterocycles. The van der Waals surface area contributed by atoms with Gasteiger partial charge in [-0.1, -0.05) is 0 Å². The fourth-order valence-electron chi connectivity index (χ4n) is 3.89. The van der Waals surface area contributed by atoms with Crippen molar-refractivity contribution in [3.8, 4) is 0 Å². The van der Waals surface area contributed by atoms with E-state index in [0.29, 0.717) is 57.8 Å². The molecule has 0 radical (unpaired) electrons. The summed E-state index contributed by atoms with van der Waals surface area (Å²) in [5, 5.41) is 0. The van der Waals surface area contributed by atoms with Crippen molar-refractivity contribution in [2.45, 2.75) is 45.1 Å². The van der Waals surface area contributed by atoms with Crippen LogP contribution in [0.25, 0.3) is 0 Å². The van der Waals surface area contributed by atoms with Gasteiger partial charge in [-0.15, -0.1) is 0 Å². The van der Waals surface area contributed by atoms with Gasteiger partial charge in [0, 0.05) is 39.2 Å². The lowest BCUT2D eigenvalue weighted by molar-refractivity contribution is -0.151. The number of likely N-dealkylation sites (tertiary alicyclic amines) is 1. The van der Waals surface area contributed by atoms with E-state index in [1.54, 1.807) is 22.8 Å². The van der Waals surface area contributed by atoms with Crippen molar-refractivity contribution in [1.29, 1.82) is 0 Å². The molecule has 160 valence electrons. The van der Waals surface area contributed by atoms with Crippen LogP contribution in [0.3, 0.4) is 0 Å². The van der Waals surface area contributed by atoms with Crippen LogP contribution in [0.1, 0.15) is 49.4 Å². The number of amides is 2. The highest BCUT2D eigenvalue weighted by Gasteiger charge is 2.29. The van der Waals surface area contributed by atoms with Crippen LogP contribution in [-0.4, -0.2) is 73.1 Å². The van der Waals surface area contributed by atoms with Crippen LogP contribution in [0.4, 0.5) is 0 Å². The van der Waals surface area contributed by atoms with Crippen LogP contribution >= 0.6 is 0 Å². The Labute approximate surface area is 171 Å². The number of hydrogen-bond donors (Lipinski definition) is 0. The topological polar surface area (TPSA) is 89.3 Å². The Balaban J connectivity index is 1.51. The standard InChI is InChI=1S/C21H30N2O6/c1-2-28-21(26)16-5-9-22(10-6-16)19(24)7-11-23(14-18-4-3-12-29-18)20(25)17-8-13-27-15-17/h8,13,15-16,18H,2-7,9-12,14H2,1H3. The first-order chi connectivity index (χ1) is 14.1. The molecule has 0 saturated carbocycles. The molecule has 1 atom stereocenters. The molecule has 0 N–H and O–H groups in total. The minimum absolute atomic E-state index is 0.00430. The number of nitrogens with zero attached hydrogens (tertiary/aromatic N) is 2. The molecule has 3 heterocycles. The summed E-state index contributed by atoms with van der Waals surface area (Å²) in [4.78, 5) is 40.8. The van der Waals surface area contributed by atoms with Crippen molar-refractivity contribution in [2.24, 2.45) is 5.92 Å². The average molecular weight is 406 g/mol.